The second-order valence-corrected chi connectivity index (χ2v) is 9.08. The predicted octanol–water partition coefficient (Wildman–Crippen LogP) is 7.75. The van der Waals surface area contributed by atoms with Gasteiger partial charge in [-0.25, -0.2) is 0 Å². The molecule has 6 rings (SSSR count). The number of ether oxygens (including phenoxy) is 2. The fourth-order valence-electron chi connectivity index (χ4n) is 5.08. The quantitative estimate of drug-likeness (QED) is 0.236. The van der Waals surface area contributed by atoms with Gasteiger partial charge < -0.3 is 14.0 Å². The number of fused-ring (bicyclic) bond motifs is 1. The summed E-state index contributed by atoms with van der Waals surface area (Å²) < 4.78 is 13.1. The zero-order valence-corrected chi connectivity index (χ0v) is 21.6. The Labute approximate surface area is 221 Å². The van der Waals surface area contributed by atoms with Crippen LogP contribution in [-0.4, -0.2) is 29.0 Å². The van der Waals surface area contributed by atoms with Crippen LogP contribution in [0, 0.1) is 6.92 Å². The summed E-state index contributed by atoms with van der Waals surface area (Å²) in [5.41, 5.74) is 8.00. The van der Waals surface area contributed by atoms with Gasteiger partial charge in [-0.05, 0) is 73.2 Å². The normalized spacial score (nSPS) is 11.0. The molecule has 186 valence electrons. The summed E-state index contributed by atoms with van der Waals surface area (Å²) in [4.78, 5) is 0. The number of nitrogens with zero attached hydrogens (tertiary/aromatic N) is 3. The van der Waals surface area contributed by atoms with E-state index in [0.717, 1.165) is 67.4 Å². The highest BCUT2D eigenvalue weighted by atomic mass is 16.5. The van der Waals surface area contributed by atoms with E-state index in [1.54, 1.807) is 14.2 Å². The van der Waals surface area contributed by atoms with Gasteiger partial charge in [-0.2, -0.15) is 0 Å². The second-order valence-electron chi connectivity index (χ2n) is 9.08. The van der Waals surface area contributed by atoms with Gasteiger partial charge in [0.1, 0.15) is 22.9 Å². The molecule has 4 aromatic carbocycles. The number of aromatic nitrogens is 3. The van der Waals surface area contributed by atoms with Crippen LogP contribution in [-0.2, 0) is 0 Å². The van der Waals surface area contributed by atoms with Gasteiger partial charge in [-0.15, -0.1) is 10.2 Å². The van der Waals surface area contributed by atoms with Crippen LogP contribution in [0.15, 0.2) is 109 Å². The summed E-state index contributed by atoms with van der Waals surface area (Å²) in [5, 5.41) is 11.8. The van der Waals surface area contributed by atoms with Crippen molar-refractivity contribution in [1.82, 2.24) is 14.8 Å². The van der Waals surface area contributed by atoms with E-state index in [9.17, 15) is 0 Å². The molecule has 0 saturated carbocycles. The molecule has 0 spiro atoms. The number of methoxy groups -OCH3 is 2. The van der Waals surface area contributed by atoms with Crippen LogP contribution in [0.25, 0.3) is 50.2 Å². The van der Waals surface area contributed by atoms with Gasteiger partial charge >= 0.3 is 0 Å². The van der Waals surface area contributed by atoms with Crippen LogP contribution in [0.5, 0.6) is 11.5 Å². The highest BCUT2D eigenvalue weighted by Gasteiger charge is 2.25. The number of benzene rings is 4. The Bertz CT molecular complexity index is 1710. The Morgan fingerprint density at radius 3 is 1.50 bits per heavy atom. The van der Waals surface area contributed by atoms with Crippen molar-refractivity contribution >= 4 is 10.8 Å². The molecule has 0 aliphatic rings. The van der Waals surface area contributed by atoms with Crippen LogP contribution in [0.3, 0.4) is 0 Å². The summed E-state index contributed by atoms with van der Waals surface area (Å²) in [7, 11) is 3.35. The maximum absolute atomic E-state index is 5.41. The smallest absolute Gasteiger partial charge is 0.118 e. The molecule has 0 unspecified atom stereocenters. The lowest BCUT2D eigenvalue weighted by molar-refractivity contribution is 0.414. The number of hydrogen-bond donors (Lipinski definition) is 0. The lowest BCUT2D eigenvalue weighted by Gasteiger charge is -2.13. The SMILES string of the molecule is COc1ccc(-c2nnc(-c3ccc(OC)cc3)c3c(-c4ccccc4)n(-c4ccccc4)c(C)c23)cc1. The topological polar surface area (TPSA) is 49.2 Å². The van der Waals surface area contributed by atoms with E-state index < -0.39 is 0 Å². The van der Waals surface area contributed by atoms with Gasteiger partial charge in [-0.3, -0.25) is 0 Å². The van der Waals surface area contributed by atoms with Crippen molar-refractivity contribution in [2.75, 3.05) is 14.2 Å². The monoisotopic (exact) mass is 497 g/mol. The van der Waals surface area contributed by atoms with E-state index in [2.05, 4.69) is 60.0 Å². The van der Waals surface area contributed by atoms with E-state index in [1.807, 2.05) is 60.7 Å². The number of hydrogen-bond acceptors (Lipinski definition) is 4. The standard InChI is InChI=1S/C33H27N3O2/c1-22-29-30(33(25-10-6-4-7-11-25)36(22)26-12-8-5-9-13-26)32(24-16-20-28(38-3)21-17-24)35-34-31(29)23-14-18-27(37-2)19-15-23/h4-21H,1-3H3. The van der Waals surface area contributed by atoms with Gasteiger partial charge in [-0.1, -0.05) is 48.5 Å². The zero-order chi connectivity index (χ0) is 26.1. The first kappa shape index (κ1) is 23.5. The molecule has 0 radical (unpaired) electrons. The molecule has 5 nitrogen and oxygen atoms in total. The molecule has 0 N–H and O–H groups in total. The summed E-state index contributed by atoms with van der Waals surface area (Å²) in [6.07, 6.45) is 0. The zero-order valence-electron chi connectivity index (χ0n) is 21.6. The Morgan fingerprint density at radius 1 is 0.526 bits per heavy atom. The van der Waals surface area contributed by atoms with E-state index in [0.29, 0.717) is 0 Å². The van der Waals surface area contributed by atoms with Crippen molar-refractivity contribution in [3.63, 3.8) is 0 Å². The Kier molecular flexibility index (Phi) is 6.10. The summed E-state index contributed by atoms with van der Waals surface area (Å²) in [5.74, 6) is 1.60. The average molecular weight is 498 g/mol. The van der Waals surface area contributed by atoms with Crippen molar-refractivity contribution in [2.24, 2.45) is 0 Å². The lowest BCUT2D eigenvalue weighted by atomic mass is 9.98. The van der Waals surface area contributed by atoms with Gasteiger partial charge in [0, 0.05) is 33.3 Å². The Morgan fingerprint density at radius 2 is 1.00 bits per heavy atom. The third kappa shape index (κ3) is 3.98. The minimum Gasteiger partial charge on any atom is -0.497 e. The molecule has 0 aliphatic heterocycles. The van der Waals surface area contributed by atoms with E-state index in [4.69, 9.17) is 19.7 Å². The van der Waals surface area contributed by atoms with E-state index in [-0.39, 0.29) is 0 Å². The first-order valence-electron chi connectivity index (χ1n) is 12.5. The van der Waals surface area contributed by atoms with Gasteiger partial charge in [0.05, 0.1) is 19.9 Å². The number of rotatable bonds is 6. The number of aryl methyl sites for hydroxylation is 1. The first-order chi connectivity index (χ1) is 18.7. The molecule has 38 heavy (non-hydrogen) atoms. The first-order valence-corrected chi connectivity index (χ1v) is 12.5. The molecular weight excluding hydrogens is 470 g/mol. The Balaban J connectivity index is 1.75. The second kappa shape index (κ2) is 9.87. The molecule has 5 heteroatoms. The molecule has 0 atom stereocenters. The molecular formula is C33H27N3O2. The molecule has 0 saturated heterocycles. The third-order valence-electron chi connectivity index (χ3n) is 6.92. The maximum atomic E-state index is 5.41. The largest absolute Gasteiger partial charge is 0.497 e. The van der Waals surface area contributed by atoms with E-state index >= 15 is 0 Å². The van der Waals surface area contributed by atoms with Crippen LogP contribution < -0.4 is 9.47 Å². The highest BCUT2D eigenvalue weighted by Crippen LogP contribution is 2.44. The molecule has 0 amide bonds. The molecule has 0 fully saturated rings. The minimum absolute atomic E-state index is 0.800. The molecule has 0 aliphatic carbocycles. The molecule has 6 aromatic rings. The van der Waals surface area contributed by atoms with Gasteiger partial charge in [0.2, 0.25) is 0 Å². The Hall–Kier alpha value is -4.90. The maximum Gasteiger partial charge on any atom is 0.118 e. The third-order valence-corrected chi connectivity index (χ3v) is 6.92. The van der Waals surface area contributed by atoms with Crippen molar-refractivity contribution < 1.29 is 9.47 Å². The van der Waals surface area contributed by atoms with Crippen molar-refractivity contribution in [3.8, 4) is 51.0 Å². The van der Waals surface area contributed by atoms with Crippen LogP contribution in [0.4, 0.5) is 0 Å². The average Bonchev–Trinajstić information content (AvgIpc) is 3.30. The van der Waals surface area contributed by atoms with Crippen molar-refractivity contribution in [3.05, 3.63) is 115 Å². The summed E-state index contributed by atoms with van der Waals surface area (Å²) >= 11 is 0. The van der Waals surface area contributed by atoms with Crippen LogP contribution in [0.1, 0.15) is 5.69 Å². The van der Waals surface area contributed by atoms with Crippen molar-refractivity contribution in [1.29, 1.82) is 0 Å². The van der Waals surface area contributed by atoms with Crippen LogP contribution in [0.2, 0.25) is 0 Å². The fourth-order valence-corrected chi connectivity index (χ4v) is 5.08. The molecule has 2 aromatic heterocycles. The minimum atomic E-state index is 0.800. The van der Waals surface area contributed by atoms with Crippen LogP contribution >= 0.6 is 0 Å². The summed E-state index contributed by atoms with van der Waals surface area (Å²) in [6.45, 7) is 2.16. The van der Waals surface area contributed by atoms with E-state index in [1.165, 1.54) is 0 Å². The van der Waals surface area contributed by atoms with Gasteiger partial charge in [0.25, 0.3) is 0 Å². The van der Waals surface area contributed by atoms with Gasteiger partial charge in [0.15, 0.2) is 0 Å². The highest BCUT2D eigenvalue weighted by molar-refractivity contribution is 6.11. The summed E-state index contributed by atoms with van der Waals surface area (Å²) in [6, 6.07) is 37.0. The molecule has 2 heterocycles. The lowest BCUT2D eigenvalue weighted by Crippen LogP contribution is -1.99. The fraction of sp³-hybridized carbons (Fsp3) is 0.0909. The predicted molar refractivity (Wildman–Crippen MR) is 153 cm³/mol. The molecule has 0 bridgehead atoms. The number of para-hydroxylation sites is 1. The van der Waals surface area contributed by atoms with Crippen molar-refractivity contribution in [2.45, 2.75) is 6.92 Å².